The number of benzene rings is 2. The second-order valence-corrected chi connectivity index (χ2v) is 5.45. The molecule has 0 saturated carbocycles. The number of carbonyl (C=O) groups is 1. The topological polar surface area (TPSA) is 63.9 Å². The van der Waals surface area contributed by atoms with E-state index in [0.29, 0.717) is 17.0 Å². The molecule has 0 saturated heterocycles. The van der Waals surface area contributed by atoms with Gasteiger partial charge in [-0.3, -0.25) is 4.79 Å². The number of ketones is 1. The van der Waals surface area contributed by atoms with Gasteiger partial charge in [0, 0.05) is 25.9 Å². The summed E-state index contributed by atoms with van der Waals surface area (Å²) >= 11 is 0. The number of tetrazole rings is 1. The molecule has 0 unspecified atom stereocenters. The molecule has 3 aromatic rings. The molecule has 0 aliphatic carbocycles. The summed E-state index contributed by atoms with van der Waals surface area (Å²) in [7, 11) is 3.71. The van der Waals surface area contributed by atoms with Crippen LogP contribution in [0.25, 0.3) is 11.3 Å². The van der Waals surface area contributed by atoms with E-state index in [2.05, 4.69) is 15.5 Å². The van der Waals surface area contributed by atoms with Crippen molar-refractivity contribution in [3.8, 4) is 5.69 Å². The van der Waals surface area contributed by atoms with Gasteiger partial charge in [-0.2, -0.15) is 4.68 Å². The van der Waals surface area contributed by atoms with Gasteiger partial charge in [0.25, 0.3) is 0 Å². The van der Waals surface area contributed by atoms with Gasteiger partial charge < -0.3 is 4.90 Å². The summed E-state index contributed by atoms with van der Waals surface area (Å²) in [6.07, 6.45) is 1.74. The average Bonchev–Trinajstić information content (AvgIpc) is 3.10. The van der Waals surface area contributed by atoms with Gasteiger partial charge in [-0.1, -0.05) is 48.5 Å². The lowest BCUT2D eigenvalue weighted by atomic mass is 10.0. The van der Waals surface area contributed by atoms with Crippen LogP contribution in [-0.2, 0) is 0 Å². The highest BCUT2D eigenvalue weighted by Crippen LogP contribution is 2.20. The summed E-state index contributed by atoms with van der Waals surface area (Å²) in [5.74, 6) is 0.278. The molecule has 24 heavy (non-hydrogen) atoms. The molecule has 0 fully saturated rings. The van der Waals surface area contributed by atoms with E-state index in [9.17, 15) is 4.79 Å². The van der Waals surface area contributed by atoms with E-state index >= 15 is 0 Å². The van der Waals surface area contributed by atoms with Crippen molar-refractivity contribution in [3.05, 3.63) is 78.3 Å². The summed E-state index contributed by atoms with van der Waals surface area (Å²) in [4.78, 5) is 14.8. The van der Waals surface area contributed by atoms with Gasteiger partial charge >= 0.3 is 0 Å². The van der Waals surface area contributed by atoms with Gasteiger partial charge in [0.1, 0.15) is 0 Å². The molecule has 2 aromatic carbocycles. The third kappa shape index (κ3) is 3.22. The fourth-order valence-electron chi connectivity index (χ4n) is 2.32. The van der Waals surface area contributed by atoms with Gasteiger partial charge in [-0.05, 0) is 22.6 Å². The van der Waals surface area contributed by atoms with E-state index in [1.165, 1.54) is 0 Å². The zero-order chi connectivity index (χ0) is 16.9. The molecule has 0 atom stereocenters. The Balaban J connectivity index is 2.10. The van der Waals surface area contributed by atoms with Crippen LogP contribution in [0.15, 0.2) is 66.9 Å². The predicted octanol–water partition coefficient (Wildman–Crippen LogP) is 2.45. The van der Waals surface area contributed by atoms with E-state index in [4.69, 9.17) is 0 Å². The number of nitrogens with zero attached hydrogens (tertiary/aromatic N) is 5. The molecule has 0 radical (unpaired) electrons. The Labute approximate surface area is 140 Å². The Bertz CT molecular complexity index is 853. The minimum atomic E-state index is -0.128. The first kappa shape index (κ1) is 15.6. The number of para-hydroxylation sites is 1. The maximum atomic E-state index is 13.0. The highest BCUT2D eigenvalue weighted by Gasteiger charge is 2.21. The van der Waals surface area contributed by atoms with Crippen LogP contribution in [0.4, 0.5) is 0 Å². The Hall–Kier alpha value is -3.28. The third-order valence-corrected chi connectivity index (χ3v) is 3.38. The quantitative estimate of drug-likeness (QED) is 0.533. The lowest BCUT2D eigenvalue weighted by Crippen LogP contribution is -2.13. The maximum absolute atomic E-state index is 13.0. The third-order valence-electron chi connectivity index (χ3n) is 3.38. The highest BCUT2D eigenvalue weighted by molar-refractivity contribution is 6.28. The first-order valence-corrected chi connectivity index (χ1v) is 7.49. The van der Waals surface area contributed by atoms with Crippen LogP contribution in [0.1, 0.15) is 16.2 Å². The summed E-state index contributed by atoms with van der Waals surface area (Å²) in [6, 6.07) is 18.6. The molecule has 0 aliphatic rings. The Morgan fingerprint density at radius 3 is 2.25 bits per heavy atom. The molecule has 120 valence electrons. The smallest absolute Gasteiger partial charge is 0.198 e. The molecule has 6 heteroatoms. The molecule has 0 aliphatic heterocycles. The summed E-state index contributed by atoms with van der Waals surface area (Å²) < 4.78 is 1.57. The summed E-state index contributed by atoms with van der Waals surface area (Å²) in [6.45, 7) is 0. The van der Waals surface area contributed by atoms with Gasteiger partial charge in [0.05, 0.1) is 11.3 Å². The summed E-state index contributed by atoms with van der Waals surface area (Å²) in [5, 5.41) is 11.9. The Morgan fingerprint density at radius 2 is 1.62 bits per heavy atom. The number of aromatic nitrogens is 4. The van der Waals surface area contributed by atoms with Crippen LogP contribution in [0.2, 0.25) is 0 Å². The minimum absolute atomic E-state index is 0.128. The normalized spacial score (nSPS) is 11.3. The van der Waals surface area contributed by atoms with Crippen molar-refractivity contribution < 1.29 is 4.79 Å². The second-order valence-electron chi connectivity index (χ2n) is 5.45. The number of allylic oxidation sites excluding steroid dienone is 1. The Morgan fingerprint density at radius 1 is 1.00 bits per heavy atom. The molecule has 0 amide bonds. The van der Waals surface area contributed by atoms with Crippen LogP contribution < -0.4 is 0 Å². The maximum Gasteiger partial charge on any atom is 0.198 e. The van der Waals surface area contributed by atoms with E-state index < -0.39 is 0 Å². The molecular weight excluding hydrogens is 306 g/mol. The Kier molecular flexibility index (Phi) is 4.47. The second kappa shape index (κ2) is 6.87. The van der Waals surface area contributed by atoms with Crippen molar-refractivity contribution in [2.75, 3.05) is 14.1 Å². The number of hydrogen-bond acceptors (Lipinski definition) is 5. The number of carbonyl (C=O) groups excluding carboxylic acids is 1. The van der Waals surface area contributed by atoms with E-state index in [-0.39, 0.29) is 5.78 Å². The van der Waals surface area contributed by atoms with Gasteiger partial charge in [-0.25, -0.2) is 0 Å². The van der Waals surface area contributed by atoms with Crippen molar-refractivity contribution in [3.63, 3.8) is 0 Å². The molecule has 1 aromatic heterocycles. The zero-order valence-electron chi connectivity index (χ0n) is 13.5. The SMILES string of the molecule is CN(C)/C=C(\C(=O)c1ccccc1)c1[15n][15n][15n][15n]1-c1ccccc1. The van der Waals surface area contributed by atoms with Crippen LogP contribution in [0.5, 0.6) is 0 Å². The summed E-state index contributed by atoms with van der Waals surface area (Å²) in [5.41, 5.74) is 1.82. The van der Waals surface area contributed by atoms with E-state index in [0.717, 1.165) is 5.69 Å². The fraction of sp³-hybridized carbons (Fsp3) is 0.111. The lowest BCUT2D eigenvalue weighted by Gasteiger charge is -2.11. The van der Waals surface area contributed by atoms with Gasteiger partial charge in [0.15, 0.2) is 11.6 Å². The highest BCUT2D eigenvalue weighted by atomic mass is 16.5. The molecule has 6 nitrogen and oxygen atoms in total. The molecular formula is C18H17N5O. The minimum Gasteiger partial charge on any atom is -0.383 e. The molecule has 1 heterocycles. The largest absolute Gasteiger partial charge is 0.383 e. The van der Waals surface area contributed by atoms with Crippen LogP contribution in [-0.4, -0.2) is 45.0 Å². The monoisotopic (exact) mass is 323 g/mol. The van der Waals surface area contributed by atoms with Crippen LogP contribution in [0.3, 0.4) is 0 Å². The van der Waals surface area contributed by atoms with E-state index in [1.54, 1.807) is 27.9 Å². The molecule has 0 spiro atoms. The van der Waals surface area contributed by atoms with Gasteiger partial charge in [0.2, 0.25) is 0 Å². The number of rotatable bonds is 5. The first-order chi connectivity index (χ1) is 11.7. The molecule has 0 bridgehead atoms. The predicted molar refractivity (Wildman–Crippen MR) is 91.6 cm³/mol. The van der Waals surface area contributed by atoms with Crippen LogP contribution in [0, 0.1) is 0 Å². The van der Waals surface area contributed by atoms with Gasteiger partial charge in [-0.15, -0.1) is 5.10 Å². The first-order valence-electron chi connectivity index (χ1n) is 7.49. The van der Waals surface area contributed by atoms with Crippen molar-refractivity contribution in [1.82, 2.24) is 25.1 Å². The fourth-order valence-corrected chi connectivity index (χ4v) is 2.32. The van der Waals surface area contributed by atoms with Crippen molar-refractivity contribution >= 4 is 11.4 Å². The van der Waals surface area contributed by atoms with Crippen molar-refractivity contribution in [1.29, 1.82) is 0 Å². The van der Waals surface area contributed by atoms with Crippen molar-refractivity contribution in [2.24, 2.45) is 0 Å². The average molecular weight is 323 g/mol. The number of Topliss-reactive ketones (excluding diaryl/α,β-unsaturated/α-hetero) is 1. The standard InChI is InChI=1S/C18H17N5O/c1-22(2)13-16(17(24)14-9-5-3-6-10-14)18-19-20-21-23(18)15-11-7-4-8-12-15/h3-13H,1-2H3/b16-13+/i19+1,20+1,21+1,23+1. The molecule has 0 N–H and O–H groups in total. The lowest BCUT2D eigenvalue weighted by molar-refractivity contribution is 0.105. The zero-order valence-corrected chi connectivity index (χ0v) is 13.5. The molecule has 3 rings (SSSR count). The van der Waals surface area contributed by atoms with Crippen LogP contribution >= 0.6 is 0 Å². The number of hydrogen-bond donors (Lipinski definition) is 0. The van der Waals surface area contributed by atoms with Crippen molar-refractivity contribution in [2.45, 2.75) is 0 Å². The van der Waals surface area contributed by atoms with E-state index in [1.807, 2.05) is 62.6 Å².